The van der Waals surface area contributed by atoms with Gasteiger partial charge < -0.3 is 10.6 Å². The first kappa shape index (κ1) is 21.1. The Morgan fingerprint density at radius 1 is 0.970 bits per heavy atom. The summed E-state index contributed by atoms with van der Waals surface area (Å²) in [7, 11) is -3.58. The van der Waals surface area contributed by atoms with E-state index >= 15 is 0 Å². The minimum absolute atomic E-state index is 0.363. The maximum absolute atomic E-state index is 13.5. The fourth-order valence-corrected chi connectivity index (χ4v) is 7.06. The van der Waals surface area contributed by atoms with Gasteiger partial charge >= 0.3 is 0 Å². The normalized spacial score (nSPS) is 23.1. The molecule has 3 aliphatic rings. The number of hydrogen-bond donors (Lipinski definition) is 2. The Morgan fingerprint density at radius 2 is 1.79 bits per heavy atom. The molecule has 2 heterocycles. The molecule has 1 aliphatic carbocycles. The number of fused-ring (bicyclic) bond motifs is 2. The second-order valence-electron chi connectivity index (χ2n) is 9.77. The molecule has 0 bridgehead atoms. The van der Waals surface area contributed by atoms with Crippen molar-refractivity contribution in [1.29, 1.82) is 0 Å². The zero-order chi connectivity index (χ0) is 22.4. The van der Waals surface area contributed by atoms with Crippen LogP contribution in [0.5, 0.6) is 0 Å². The lowest BCUT2D eigenvalue weighted by Gasteiger charge is -2.23. The zero-order valence-corrected chi connectivity index (χ0v) is 19.7. The lowest BCUT2D eigenvalue weighted by Crippen LogP contribution is -2.34. The highest BCUT2D eigenvalue weighted by Crippen LogP contribution is 2.44. The number of piperidine rings is 1. The third-order valence-corrected chi connectivity index (χ3v) is 9.42. The molecule has 0 aromatic heterocycles. The fourth-order valence-electron chi connectivity index (χ4n) is 5.52. The van der Waals surface area contributed by atoms with Crippen molar-refractivity contribution in [2.75, 3.05) is 30.5 Å². The number of rotatable bonds is 6. The van der Waals surface area contributed by atoms with Gasteiger partial charge in [0, 0.05) is 18.5 Å². The van der Waals surface area contributed by atoms with Crippen LogP contribution in [0.3, 0.4) is 0 Å². The molecular weight excluding hydrogens is 430 g/mol. The number of hydrogen-bond acceptors (Lipinski definition) is 4. The molecular formula is C27H31N3O2S. The monoisotopic (exact) mass is 461 g/mol. The Bertz CT molecular complexity index is 1280. The van der Waals surface area contributed by atoms with Crippen LogP contribution in [0.2, 0.25) is 0 Å². The molecule has 2 atom stereocenters. The third kappa shape index (κ3) is 4.05. The van der Waals surface area contributed by atoms with Gasteiger partial charge in [0.15, 0.2) is 0 Å². The average molecular weight is 462 g/mol. The van der Waals surface area contributed by atoms with E-state index in [0.29, 0.717) is 23.4 Å². The van der Waals surface area contributed by atoms with Crippen LogP contribution in [-0.4, -0.2) is 40.6 Å². The molecule has 1 saturated carbocycles. The number of nitrogens with one attached hydrogen (secondary N) is 2. The van der Waals surface area contributed by atoms with E-state index in [-0.39, 0.29) is 0 Å². The molecule has 0 spiro atoms. The van der Waals surface area contributed by atoms with Crippen molar-refractivity contribution in [3.05, 3.63) is 71.8 Å². The highest BCUT2D eigenvalue weighted by atomic mass is 32.2. The molecule has 5 nitrogen and oxygen atoms in total. The van der Waals surface area contributed by atoms with Gasteiger partial charge in [-0.25, -0.2) is 8.42 Å². The number of nitrogens with zero attached hydrogens (tertiary/aromatic N) is 1. The summed E-state index contributed by atoms with van der Waals surface area (Å²) in [6, 6.07) is 20.3. The van der Waals surface area contributed by atoms with E-state index in [1.807, 2.05) is 36.4 Å². The summed E-state index contributed by atoms with van der Waals surface area (Å²) in [4.78, 5) is 0.363. The van der Waals surface area contributed by atoms with Gasteiger partial charge in [-0.3, -0.25) is 4.31 Å². The van der Waals surface area contributed by atoms with Gasteiger partial charge in [-0.15, -0.1) is 0 Å². The van der Waals surface area contributed by atoms with E-state index in [4.69, 9.17) is 0 Å². The van der Waals surface area contributed by atoms with Crippen LogP contribution in [0.4, 0.5) is 5.69 Å². The van der Waals surface area contributed by atoms with Crippen molar-refractivity contribution >= 4 is 26.5 Å². The van der Waals surface area contributed by atoms with Crippen molar-refractivity contribution in [3.8, 4) is 0 Å². The largest absolute Gasteiger partial charge is 0.317 e. The van der Waals surface area contributed by atoms with Crippen LogP contribution in [0.15, 0.2) is 65.6 Å². The number of anilines is 1. The molecule has 6 heteroatoms. The van der Waals surface area contributed by atoms with Gasteiger partial charge in [-0.2, -0.15) is 0 Å². The Labute approximate surface area is 196 Å². The van der Waals surface area contributed by atoms with Crippen molar-refractivity contribution in [2.24, 2.45) is 5.92 Å². The van der Waals surface area contributed by atoms with Crippen LogP contribution in [0.25, 0.3) is 10.8 Å². The Balaban J connectivity index is 1.17. The Kier molecular flexibility index (Phi) is 5.40. The predicted molar refractivity (Wildman–Crippen MR) is 133 cm³/mol. The third-order valence-electron chi connectivity index (χ3n) is 7.61. The van der Waals surface area contributed by atoms with Crippen LogP contribution in [0.1, 0.15) is 36.3 Å². The van der Waals surface area contributed by atoms with Crippen LogP contribution >= 0.6 is 0 Å². The second kappa shape index (κ2) is 8.42. The quantitative estimate of drug-likeness (QED) is 0.582. The summed E-state index contributed by atoms with van der Waals surface area (Å²) in [5.74, 6) is 1.35. The summed E-state index contributed by atoms with van der Waals surface area (Å²) >= 11 is 0. The van der Waals surface area contributed by atoms with Crippen molar-refractivity contribution in [3.63, 3.8) is 0 Å². The van der Waals surface area contributed by atoms with E-state index < -0.39 is 10.0 Å². The van der Waals surface area contributed by atoms with E-state index in [9.17, 15) is 8.42 Å². The van der Waals surface area contributed by atoms with Gasteiger partial charge in [-0.1, -0.05) is 42.5 Å². The average Bonchev–Trinajstić information content (AvgIpc) is 3.51. The molecule has 0 radical (unpaired) electrons. The first-order valence-electron chi connectivity index (χ1n) is 12.2. The highest BCUT2D eigenvalue weighted by Gasteiger charge is 2.39. The molecule has 172 valence electrons. The summed E-state index contributed by atoms with van der Waals surface area (Å²) in [6.07, 6.45) is 4.49. The Morgan fingerprint density at radius 3 is 2.64 bits per heavy atom. The van der Waals surface area contributed by atoms with Crippen LogP contribution in [-0.2, 0) is 16.4 Å². The molecule has 3 aromatic rings. The predicted octanol–water partition coefficient (Wildman–Crippen LogP) is 4.04. The lowest BCUT2D eigenvalue weighted by atomic mass is 9.98. The molecule has 33 heavy (non-hydrogen) atoms. The van der Waals surface area contributed by atoms with Crippen molar-refractivity contribution < 1.29 is 8.42 Å². The summed E-state index contributed by atoms with van der Waals surface area (Å²) in [6.45, 7) is 3.91. The van der Waals surface area contributed by atoms with Gasteiger partial charge in [-0.05, 0) is 91.3 Å². The minimum Gasteiger partial charge on any atom is -0.317 e. The van der Waals surface area contributed by atoms with Gasteiger partial charge in [0.2, 0.25) is 0 Å². The molecule has 1 saturated heterocycles. The summed E-state index contributed by atoms with van der Waals surface area (Å²) < 4.78 is 28.5. The lowest BCUT2D eigenvalue weighted by molar-refractivity contribution is 0.355. The smallest absolute Gasteiger partial charge is 0.264 e. The van der Waals surface area contributed by atoms with Gasteiger partial charge in [0.1, 0.15) is 0 Å². The van der Waals surface area contributed by atoms with Crippen LogP contribution < -0.4 is 14.9 Å². The molecule has 6 rings (SSSR count). The number of benzene rings is 3. The zero-order valence-electron chi connectivity index (χ0n) is 18.8. The summed E-state index contributed by atoms with van der Waals surface area (Å²) in [5.41, 5.74) is 3.34. The minimum atomic E-state index is -3.58. The van der Waals surface area contributed by atoms with Gasteiger partial charge in [0.25, 0.3) is 10.0 Å². The molecule has 3 aromatic carbocycles. The Hall–Kier alpha value is -2.41. The highest BCUT2D eigenvalue weighted by molar-refractivity contribution is 7.92. The first-order chi connectivity index (χ1) is 16.1. The van der Waals surface area contributed by atoms with Gasteiger partial charge in [0.05, 0.1) is 10.6 Å². The maximum atomic E-state index is 13.5. The number of sulfonamides is 1. The topological polar surface area (TPSA) is 61.4 Å². The summed E-state index contributed by atoms with van der Waals surface area (Å²) in [5, 5.41) is 9.21. The van der Waals surface area contributed by atoms with E-state index in [1.54, 1.807) is 16.4 Å². The SMILES string of the molecule is O=S(=O)(c1ccc2ccccc2c1)N1CCc2cc([C@@H]3C[C@H]3NCC3CCNCC3)ccc21. The van der Waals surface area contributed by atoms with Crippen molar-refractivity contribution in [2.45, 2.75) is 42.5 Å². The molecule has 0 unspecified atom stereocenters. The van der Waals surface area contributed by atoms with E-state index in [1.165, 1.54) is 24.8 Å². The molecule has 0 amide bonds. The second-order valence-corrected chi connectivity index (χ2v) is 11.6. The molecule has 2 fully saturated rings. The fraction of sp³-hybridized carbons (Fsp3) is 0.407. The van der Waals surface area contributed by atoms with E-state index in [0.717, 1.165) is 54.0 Å². The van der Waals surface area contributed by atoms with Crippen LogP contribution in [0, 0.1) is 5.92 Å². The molecule has 2 N–H and O–H groups in total. The first-order valence-corrected chi connectivity index (χ1v) is 13.6. The van der Waals surface area contributed by atoms with E-state index in [2.05, 4.69) is 22.8 Å². The van der Waals surface area contributed by atoms with Crippen molar-refractivity contribution in [1.82, 2.24) is 10.6 Å². The maximum Gasteiger partial charge on any atom is 0.264 e. The standard InChI is InChI=1S/C27H31N3O2S/c31-33(32,24-7-5-20-3-1-2-4-21(20)16-24)30-14-11-23-15-22(6-8-27(23)30)25-17-26(25)29-18-19-9-12-28-13-10-19/h1-8,15-16,19,25-26,28-29H,9-14,17-18H2/t25-,26+/m0/s1. The molecule has 2 aliphatic heterocycles.